The second kappa shape index (κ2) is 5.29. The van der Waals surface area contributed by atoms with Gasteiger partial charge in [-0.15, -0.1) is 0 Å². The van der Waals surface area contributed by atoms with Gasteiger partial charge in [-0.3, -0.25) is 4.79 Å². The largest absolute Gasteiger partial charge is 0.322 e. The minimum Gasteiger partial charge on any atom is -0.322 e. The number of ketones is 1. The minimum absolute atomic E-state index is 0.0447. The van der Waals surface area contributed by atoms with Gasteiger partial charge in [0.1, 0.15) is 0 Å². The normalized spacial score (nSPS) is 12.5. The van der Waals surface area contributed by atoms with Crippen LogP contribution in [0.5, 0.6) is 0 Å². The Morgan fingerprint density at radius 3 is 2.73 bits per heavy atom. The van der Waals surface area contributed by atoms with Gasteiger partial charge < -0.3 is 5.73 Å². The fourth-order valence-electron chi connectivity index (χ4n) is 1.34. The Hall–Kier alpha value is -0.860. The summed E-state index contributed by atoms with van der Waals surface area (Å²) in [5.74, 6) is 0.0447. The van der Waals surface area contributed by atoms with Gasteiger partial charge in [0.25, 0.3) is 0 Å². The lowest BCUT2D eigenvalue weighted by atomic mass is 10.0. The van der Waals surface area contributed by atoms with Crippen LogP contribution in [0.2, 0.25) is 5.02 Å². The molecule has 0 heterocycles. The molecule has 0 radical (unpaired) electrons. The molecule has 0 saturated heterocycles. The number of rotatable bonds is 4. The number of nitrogens with two attached hydrogens (primary N) is 1. The van der Waals surface area contributed by atoms with E-state index in [1.165, 1.54) is 0 Å². The molecule has 0 aliphatic heterocycles. The average molecular weight is 226 g/mol. The third-order valence-corrected chi connectivity index (χ3v) is 2.78. The fourth-order valence-corrected chi connectivity index (χ4v) is 1.64. The van der Waals surface area contributed by atoms with E-state index < -0.39 is 0 Å². The topological polar surface area (TPSA) is 43.1 Å². The van der Waals surface area contributed by atoms with E-state index >= 15 is 0 Å². The van der Waals surface area contributed by atoms with Crippen LogP contribution in [0.15, 0.2) is 18.2 Å². The molecule has 0 aromatic heterocycles. The van der Waals surface area contributed by atoms with Crippen molar-refractivity contribution in [2.45, 2.75) is 32.7 Å². The Labute approximate surface area is 95.4 Å². The van der Waals surface area contributed by atoms with E-state index in [1.807, 2.05) is 32.0 Å². The first-order valence-corrected chi connectivity index (χ1v) is 5.45. The van der Waals surface area contributed by atoms with Gasteiger partial charge >= 0.3 is 0 Å². The van der Waals surface area contributed by atoms with E-state index in [0.29, 0.717) is 17.9 Å². The Morgan fingerprint density at radius 1 is 1.53 bits per heavy atom. The summed E-state index contributed by atoms with van der Waals surface area (Å²) in [6.45, 7) is 3.87. The predicted molar refractivity (Wildman–Crippen MR) is 63.2 cm³/mol. The molecule has 1 aromatic carbocycles. The lowest BCUT2D eigenvalue weighted by molar-refractivity contribution is -0.119. The number of halogens is 1. The monoisotopic (exact) mass is 225 g/mol. The third-order valence-electron chi connectivity index (χ3n) is 2.43. The standard InChI is InChI=1S/C12H16ClNO/c1-3-11(14)12(15)7-9-5-4-8(2)6-10(9)13/h4-6,11H,3,7,14H2,1-2H3. The first-order chi connectivity index (χ1) is 7.04. The highest BCUT2D eigenvalue weighted by atomic mass is 35.5. The number of aryl methyl sites for hydroxylation is 1. The highest BCUT2D eigenvalue weighted by Crippen LogP contribution is 2.18. The maximum atomic E-state index is 11.6. The number of carbonyl (C=O) groups is 1. The van der Waals surface area contributed by atoms with E-state index in [2.05, 4.69) is 0 Å². The Kier molecular flexibility index (Phi) is 4.30. The molecule has 2 nitrogen and oxygen atoms in total. The zero-order chi connectivity index (χ0) is 11.4. The van der Waals surface area contributed by atoms with Crippen LogP contribution in [0.3, 0.4) is 0 Å². The van der Waals surface area contributed by atoms with E-state index in [4.69, 9.17) is 17.3 Å². The van der Waals surface area contributed by atoms with Crippen LogP contribution in [0.1, 0.15) is 24.5 Å². The molecule has 0 bridgehead atoms. The van der Waals surface area contributed by atoms with Crippen LogP contribution >= 0.6 is 11.6 Å². The lowest BCUT2D eigenvalue weighted by Gasteiger charge is -2.09. The zero-order valence-electron chi connectivity index (χ0n) is 9.09. The second-order valence-corrected chi connectivity index (χ2v) is 4.16. The first kappa shape index (κ1) is 12.2. The molecular weight excluding hydrogens is 210 g/mol. The summed E-state index contributed by atoms with van der Waals surface area (Å²) in [6, 6.07) is 5.33. The second-order valence-electron chi connectivity index (χ2n) is 3.75. The highest BCUT2D eigenvalue weighted by molar-refractivity contribution is 6.31. The molecule has 1 unspecified atom stereocenters. The van der Waals surface area contributed by atoms with Crippen LogP contribution in [-0.4, -0.2) is 11.8 Å². The molecule has 0 saturated carbocycles. The smallest absolute Gasteiger partial charge is 0.153 e. The van der Waals surface area contributed by atoms with Gasteiger partial charge in [0.15, 0.2) is 5.78 Å². The number of hydrogen-bond acceptors (Lipinski definition) is 2. The summed E-state index contributed by atoms with van der Waals surface area (Å²) < 4.78 is 0. The zero-order valence-corrected chi connectivity index (χ0v) is 9.84. The van der Waals surface area contributed by atoms with Crippen molar-refractivity contribution in [1.29, 1.82) is 0 Å². The summed E-state index contributed by atoms with van der Waals surface area (Å²) in [5, 5.41) is 0.645. The van der Waals surface area contributed by atoms with Crippen LogP contribution in [0.4, 0.5) is 0 Å². The summed E-state index contributed by atoms with van der Waals surface area (Å²) >= 11 is 6.03. The Balaban J connectivity index is 2.77. The van der Waals surface area contributed by atoms with Gasteiger partial charge in [-0.1, -0.05) is 30.7 Å². The summed E-state index contributed by atoms with van der Waals surface area (Å²) in [4.78, 5) is 11.6. The van der Waals surface area contributed by atoms with E-state index in [1.54, 1.807) is 0 Å². The van der Waals surface area contributed by atoms with Crippen LogP contribution in [0, 0.1) is 6.92 Å². The van der Waals surface area contributed by atoms with Crippen LogP contribution < -0.4 is 5.73 Å². The summed E-state index contributed by atoms with van der Waals surface area (Å²) in [7, 11) is 0. The van der Waals surface area contributed by atoms with Crippen LogP contribution in [-0.2, 0) is 11.2 Å². The molecule has 0 aliphatic carbocycles. The molecule has 0 spiro atoms. The van der Waals surface area contributed by atoms with E-state index in [0.717, 1.165) is 11.1 Å². The molecule has 1 aromatic rings. The van der Waals surface area contributed by atoms with Gasteiger partial charge in [-0.25, -0.2) is 0 Å². The number of carbonyl (C=O) groups excluding carboxylic acids is 1. The quantitative estimate of drug-likeness (QED) is 0.856. The number of Topliss-reactive ketones (excluding diaryl/α,β-unsaturated/α-hetero) is 1. The maximum absolute atomic E-state index is 11.6. The molecular formula is C12H16ClNO. The highest BCUT2D eigenvalue weighted by Gasteiger charge is 2.13. The van der Waals surface area contributed by atoms with Gasteiger partial charge in [0.2, 0.25) is 0 Å². The Bertz CT molecular complexity index is 363. The van der Waals surface area contributed by atoms with Crippen LogP contribution in [0.25, 0.3) is 0 Å². The Morgan fingerprint density at radius 2 is 2.20 bits per heavy atom. The minimum atomic E-state index is -0.373. The number of benzene rings is 1. The molecule has 82 valence electrons. The van der Waals surface area contributed by atoms with Crippen molar-refractivity contribution in [1.82, 2.24) is 0 Å². The predicted octanol–water partition coefficient (Wildman–Crippen LogP) is 2.50. The summed E-state index contributed by atoms with van der Waals surface area (Å²) in [6.07, 6.45) is 0.996. The van der Waals surface area contributed by atoms with Gasteiger partial charge in [0, 0.05) is 11.4 Å². The lowest BCUT2D eigenvalue weighted by Crippen LogP contribution is -2.30. The average Bonchev–Trinajstić information content (AvgIpc) is 2.20. The van der Waals surface area contributed by atoms with Gasteiger partial charge in [0.05, 0.1) is 6.04 Å². The molecule has 15 heavy (non-hydrogen) atoms. The molecule has 0 amide bonds. The van der Waals surface area contributed by atoms with Crippen molar-refractivity contribution in [3.8, 4) is 0 Å². The van der Waals surface area contributed by atoms with Crippen molar-refractivity contribution in [3.05, 3.63) is 34.3 Å². The van der Waals surface area contributed by atoms with Crippen molar-refractivity contribution in [3.63, 3.8) is 0 Å². The molecule has 0 aliphatic rings. The van der Waals surface area contributed by atoms with Gasteiger partial charge in [-0.2, -0.15) is 0 Å². The molecule has 2 N–H and O–H groups in total. The summed E-state index contributed by atoms with van der Waals surface area (Å²) in [5.41, 5.74) is 7.60. The SMILES string of the molecule is CCC(N)C(=O)Cc1ccc(C)cc1Cl. The van der Waals surface area contributed by atoms with Crippen molar-refractivity contribution in [2.75, 3.05) is 0 Å². The molecule has 3 heteroatoms. The van der Waals surface area contributed by atoms with E-state index in [-0.39, 0.29) is 11.8 Å². The molecule has 0 fully saturated rings. The van der Waals surface area contributed by atoms with E-state index in [9.17, 15) is 4.79 Å². The number of hydrogen-bond donors (Lipinski definition) is 1. The maximum Gasteiger partial charge on any atom is 0.153 e. The fraction of sp³-hybridized carbons (Fsp3) is 0.417. The van der Waals surface area contributed by atoms with Gasteiger partial charge in [-0.05, 0) is 30.5 Å². The van der Waals surface area contributed by atoms with Crippen molar-refractivity contribution >= 4 is 17.4 Å². The van der Waals surface area contributed by atoms with Crippen molar-refractivity contribution < 1.29 is 4.79 Å². The first-order valence-electron chi connectivity index (χ1n) is 5.08. The van der Waals surface area contributed by atoms with Crippen molar-refractivity contribution in [2.24, 2.45) is 5.73 Å². The third kappa shape index (κ3) is 3.33. The molecule has 1 rings (SSSR count). The molecule has 1 atom stereocenters.